The summed E-state index contributed by atoms with van der Waals surface area (Å²) < 4.78 is 43.1. The molecule has 0 amide bonds. The number of carboxylic acid groups (broad SMARTS) is 1. The zero-order chi connectivity index (χ0) is 19.9. The summed E-state index contributed by atoms with van der Waals surface area (Å²) in [6.45, 7) is 0. The molecule has 1 aliphatic carbocycles. The Kier molecular flexibility index (Phi) is 4.29. The van der Waals surface area contributed by atoms with Crippen molar-refractivity contribution in [2.45, 2.75) is 25.1 Å². The van der Waals surface area contributed by atoms with Gasteiger partial charge in [-0.3, -0.25) is 4.98 Å². The second kappa shape index (κ2) is 6.66. The molecule has 2 aromatic heterocycles. The molecule has 9 heteroatoms. The highest BCUT2D eigenvalue weighted by molar-refractivity contribution is 5.96. The molecule has 0 bridgehead atoms. The van der Waals surface area contributed by atoms with Crippen molar-refractivity contribution in [3.63, 3.8) is 0 Å². The lowest BCUT2D eigenvalue weighted by Gasteiger charge is -2.11. The molecule has 144 valence electrons. The molecule has 0 radical (unpaired) electrons. The Hall–Kier alpha value is -3.36. The molecule has 0 spiro atoms. The van der Waals surface area contributed by atoms with Crippen LogP contribution in [0.4, 0.5) is 13.2 Å². The summed E-state index contributed by atoms with van der Waals surface area (Å²) in [7, 11) is 0. The van der Waals surface area contributed by atoms with E-state index in [0.717, 1.165) is 12.8 Å². The van der Waals surface area contributed by atoms with E-state index < -0.39 is 18.1 Å². The predicted molar refractivity (Wildman–Crippen MR) is 92.4 cm³/mol. The van der Waals surface area contributed by atoms with Gasteiger partial charge in [0, 0.05) is 29.9 Å². The van der Waals surface area contributed by atoms with Gasteiger partial charge in [0.2, 0.25) is 0 Å². The molecule has 1 fully saturated rings. The molecule has 3 aromatic rings. The van der Waals surface area contributed by atoms with Gasteiger partial charge in [-0.15, -0.1) is 13.2 Å². The molecule has 6 nitrogen and oxygen atoms in total. The Balaban J connectivity index is 1.88. The van der Waals surface area contributed by atoms with Crippen LogP contribution in [0.5, 0.6) is 5.75 Å². The van der Waals surface area contributed by atoms with Gasteiger partial charge in [-0.1, -0.05) is 6.07 Å². The van der Waals surface area contributed by atoms with E-state index >= 15 is 0 Å². The number of aromatic carboxylic acids is 1. The van der Waals surface area contributed by atoms with Crippen molar-refractivity contribution < 1.29 is 27.8 Å². The maximum Gasteiger partial charge on any atom is 0.573 e. The topological polar surface area (TPSA) is 77.2 Å². The van der Waals surface area contributed by atoms with E-state index in [4.69, 9.17) is 0 Å². The molecule has 1 aromatic carbocycles. The maximum absolute atomic E-state index is 12.6. The lowest BCUT2D eigenvalue weighted by molar-refractivity contribution is -0.274. The van der Waals surface area contributed by atoms with Gasteiger partial charge in [-0.05, 0) is 37.1 Å². The molecule has 4 rings (SSSR count). The molecule has 1 aliphatic rings. The molecular formula is C19H14F3N3O3. The van der Waals surface area contributed by atoms with Crippen molar-refractivity contribution in [2.24, 2.45) is 0 Å². The number of hydrogen-bond acceptors (Lipinski definition) is 4. The number of hydrogen-bond donors (Lipinski definition) is 1. The highest BCUT2D eigenvalue weighted by Crippen LogP contribution is 2.45. The molecule has 0 unspecified atom stereocenters. The van der Waals surface area contributed by atoms with Crippen molar-refractivity contribution in [1.29, 1.82) is 0 Å². The summed E-state index contributed by atoms with van der Waals surface area (Å²) in [5, 5.41) is 14.3. The third-order valence-electron chi connectivity index (χ3n) is 4.35. The fourth-order valence-electron chi connectivity index (χ4n) is 3.10. The number of aromatic nitrogens is 3. The molecule has 0 saturated heterocycles. The minimum Gasteiger partial charge on any atom is -0.478 e. The van der Waals surface area contributed by atoms with Crippen LogP contribution in [0, 0.1) is 0 Å². The van der Waals surface area contributed by atoms with Crippen LogP contribution < -0.4 is 4.74 Å². The van der Waals surface area contributed by atoms with Gasteiger partial charge in [-0.2, -0.15) is 5.10 Å². The summed E-state index contributed by atoms with van der Waals surface area (Å²) in [6.07, 6.45) is -0.194. The maximum atomic E-state index is 12.6. The second-order valence-corrected chi connectivity index (χ2v) is 6.38. The first-order valence-electron chi connectivity index (χ1n) is 8.46. The molecule has 0 aliphatic heterocycles. The van der Waals surface area contributed by atoms with Crippen molar-refractivity contribution in [2.75, 3.05) is 0 Å². The van der Waals surface area contributed by atoms with Crippen LogP contribution in [0.2, 0.25) is 0 Å². The van der Waals surface area contributed by atoms with Crippen molar-refractivity contribution in [3.8, 4) is 22.7 Å². The Labute approximate surface area is 157 Å². The summed E-state index contributed by atoms with van der Waals surface area (Å²) in [5.41, 5.74) is 1.64. The summed E-state index contributed by atoms with van der Waals surface area (Å²) in [6, 6.07) is 8.61. The number of alkyl halides is 3. The minimum absolute atomic E-state index is 0.0126. The lowest BCUT2D eigenvalue weighted by atomic mass is 10.0. The molecule has 1 N–H and O–H groups in total. The number of benzene rings is 1. The van der Waals surface area contributed by atoms with Crippen LogP contribution in [0.3, 0.4) is 0 Å². The second-order valence-electron chi connectivity index (χ2n) is 6.38. The van der Waals surface area contributed by atoms with Gasteiger partial charge < -0.3 is 9.84 Å². The molecular weight excluding hydrogens is 375 g/mol. The Morgan fingerprint density at radius 1 is 1.18 bits per heavy atom. The average molecular weight is 389 g/mol. The van der Waals surface area contributed by atoms with Gasteiger partial charge in [0.05, 0.1) is 11.4 Å². The van der Waals surface area contributed by atoms with Crippen molar-refractivity contribution in [1.82, 2.24) is 14.8 Å². The summed E-state index contributed by atoms with van der Waals surface area (Å²) in [5.74, 6) is -1.55. The first-order chi connectivity index (χ1) is 13.3. The van der Waals surface area contributed by atoms with Crippen molar-refractivity contribution in [3.05, 3.63) is 60.0 Å². The SMILES string of the molecule is O=C(O)c1c(-c2ccncc2)nn(-c2cccc(OC(F)(F)F)c2)c1C1CC1. The Morgan fingerprint density at radius 2 is 1.89 bits per heavy atom. The van der Waals surface area contributed by atoms with E-state index in [1.54, 1.807) is 18.2 Å². The third kappa shape index (κ3) is 3.55. The quantitative estimate of drug-likeness (QED) is 0.700. The van der Waals surface area contributed by atoms with Crippen LogP contribution in [0.15, 0.2) is 48.8 Å². The van der Waals surface area contributed by atoms with E-state index in [9.17, 15) is 23.1 Å². The average Bonchev–Trinajstić information content (AvgIpc) is 3.40. The molecule has 28 heavy (non-hydrogen) atoms. The standard InChI is InChI=1S/C19H14F3N3O3/c20-19(21,22)28-14-3-1-2-13(10-14)25-17(12-4-5-12)15(18(26)27)16(24-25)11-6-8-23-9-7-11/h1-3,6-10,12H,4-5H2,(H,26,27). The fourth-order valence-corrected chi connectivity index (χ4v) is 3.10. The highest BCUT2D eigenvalue weighted by atomic mass is 19.4. The third-order valence-corrected chi connectivity index (χ3v) is 4.35. The van der Waals surface area contributed by atoms with Crippen LogP contribution >= 0.6 is 0 Å². The van der Waals surface area contributed by atoms with E-state index in [1.807, 2.05) is 0 Å². The number of halogens is 3. The van der Waals surface area contributed by atoms with Crippen LogP contribution in [-0.4, -0.2) is 32.2 Å². The minimum atomic E-state index is -4.82. The Bertz CT molecular complexity index is 1030. The van der Waals surface area contributed by atoms with Gasteiger partial charge in [0.15, 0.2) is 0 Å². The Morgan fingerprint density at radius 3 is 2.50 bits per heavy atom. The first kappa shape index (κ1) is 18.0. The zero-order valence-corrected chi connectivity index (χ0v) is 14.3. The summed E-state index contributed by atoms with van der Waals surface area (Å²) in [4.78, 5) is 15.9. The predicted octanol–water partition coefficient (Wildman–Crippen LogP) is 4.41. The normalized spacial score (nSPS) is 14.1. The van der Waals surface area contributed by atoms with E-state index in [-0.39, 0.29) is 17.2 Å². The monoisotopic (exact) mass is 389 g/mol. The van der Waals surface area contributed by atoms with Crippen molar-refractivity contribution >= 4 is 5.97 Å². The van der Waals surface area contributed by atoms with Gasteiger partial charge >= 0.3 is 12.3 Å². The number of ether oxygens (including phenoxy) is 1. The fraction of sp³-hybridized carbons (Fsp3) is 0.211. The molecule has 1 saturated carbocycles. The zero-order valence-electron chi connectivity index (χ0n) is 14.3. The number of carboxylic acids is 1. The lowest BCUT2D eigenvalue weighted by Crippen LogP contribution is -2.17. The largest absolute Gasteiger partial charge is 0.573 e. The molecule has 2 heterocycles. The van der Waals surface area contributed by atoms with Gasteiger partial charge in [0.25, 0.3) is 0 Å². The number of pyridine rings is 1. The van der Waals surface area contributed by atoms with Gasteiger partial charge in [-0.25, -0.2) is 9.48 Å². The van der Waals surface area contributed by atoms with Crippen LogP contribution in [0.25, 0.3) is 16.9 Å². The van der Waals surface area contributed by atoms with Crippen LogP contribution in [-0.2, 0) is 0 Å². The first-order valence-corrected chi connectivity index (χ1v) is 8.46. The van der Waals surface area contributed by atoms with Gasteiger partial charge in [0.1, 0.15) is 17.0 Å². The van der Waals surface area contributed by atoms with E-state index in [0.29, 0.717) is 16.9 Å². The number of carbonyl (C=O) groups is 1. The number of rotatable bonds is 5. The highest BCUT2D eigenvalue weighted by Gasteiger charge is 2.36. The summed E-state index contributed by atoms with van der Waals surface area (Å²) >= 11 is 0. The molecule has 0 atom stereocenters. The van der Waals surface area contributed by atoms with E-state index in [2.05, 4.69) is 14.8 Å². The number of nitrogens with zero attached hydrogens (tertiary/aromatic N) is 3. The smallest absolute Gasteiger partial charge is 0.478 e. The van der Waals surface area contributed by atoms with E-state index in [1.165, 1.54) is 35.3 Å². The van der Waals surface area contributed by atoms with Crippen LogP contribution in [0.1, 0.15) is 34.8 Å².